The second-order valence-electron chi connectivity index (χ2n) is 15.1. The predicted molar refractivity (Wildman–Crippen MR) is 240 cm³/mol. The third-order valence-corrected chi connectivity index (χ3v) is 12.0. The first-order valence-corrected chi connectivity index (χ1v) is 23.4. The SMILES string of the molecule is CCCSCCNC(=O)C(CCC(=O)NSCCCO[C@]1(C(=O)O)C[C@H](O)[C@@H](NC(C)=O)[C@H]([C@H](O)[C@H](O)CNC(=O)c2ccc(-c3ccccc3)cc2)O1)NC(=O)CCCCCN. The van der Waals surface area contributed by atoms with Crippen molar-refractivity contribution in [2.75, 3.05) is 43.5 Å². The van der Waals surface area contributed by atoms with E-state index in [-0.39, 0.29) is 55.4 Å². The Morgan fingerprint density at radius 1 is 0.905 bits per heavy atom. The molecule has 3 rings (SSSR count). The Morgan fingerprint density at radius 2 is 1.62 bits per heavy atom. The molecule has 0 radical (unpaired) electrons. The van der Waals surface area contributed by atoms with E-state index in [1.165, 1.54) is 0 Å². The van der Waals surface area contributed by atoms with Gasteiger partial charge >= 0.3 is 5.97 Å². The smallest absolute Gasteiger partial charge is 0.364 e. The van der Waals surface area contributed by atoms with E-state index in [0.717, 1.165) is 60.8 Å². The van der Waals surface area contributed by atoms with E-state index in [2.05, 4.69) is 32.9 Å². The molecule has 0 aliphatic carbocycles. The number of nitrogens with one attached hydrogen (secondary N) is 5. The molecule has 0 aromatic heterocycles. The van der Waals surface area contributed by atoms with Crippen LogP contribution in [0.3, 0.4) is 0 Å². The van der Waals surface area contributed by atoms with Crippen LogP contribution in [-0.2, 0) is 33.4 Å². The highest BCUT2D eigenvalue weighted by Gasteiger charge is 2.55. The van der Waals surface area contributed by atoms with Gasteiger partial charge < -0.3 is 61.6 Å². The predicted octanol–water partition coefficient (Wildman–Crippen LogP) is 1.46. The minimum atomic E-state index is -2.50. The number of carboxylic acid groups (broad SMARTS) is 1. The molecule has 2 aromatic rings. The van der Waals surface area contributed by atoms with Gasteiger partial charge in [-0.2, -0.15) is 11.8 Å². The Hall–Kier alpha value is -4.28. The van der Waals surface area contributed by atoms with Gasteiger partial charge in [-0.1, -0.05) is 67.8 Å². The van der Waals surface area contributed by atoms with Gasteiger partial charge in [0.25, 0.3) is 11.7 Å². The van der Waals surface area contributed by atoms with Crippen molar-refractivity contribution >= 4 is 59.2 Å². The van der Waals surface area contributed by atoms with Crippen molar-refractivity contribution in [1.82, 2.24) is 26.0 Å². The first kappa shape index (κ1) is 53.1. The zero-order valence-corrected chi connectivity index (χ0v) is 37.6. The lowest BCUT2D eigenvalue weighted by Crippen LogP contribution is -2.68. The molecule has 18 nitrogen and oxygen atoms in total. The lowest BCUT2D eigenvalue weighted by molar-refractivity contribution is -0.310. The molecule has 2 aromatic carbocycles. The fraction of sp³-hybridized carbons (Fsp3) is 0.581. The molecule has 1 aliphatic rings. The number of hydrogen-bond donors (Lipinski definition) is 10. The van der Waals surface area contributed by atoms with Gasteiger partial charge in [-0.15, -0.1) is 0 Å². The van der Waals surface area contributed by atoms with Gasteiger partial charge in [-0.25, -0.2) is 4.79 Å². The number of aliphatic carboxylic acids is 1. The summed E-state index contributed by atoms with van der Waals surface area (Å²) in [4.78, 5) is 75.8. The quantitative estimate of drug-likeness (QED) is 0.0408. The maximum atomic E-state index is 12.9. The van der Waals surface area contributed by atoms with Crippen molar-refractivity contribution in [2.24, 2.45) is 5.73 Å². The number of nitrogens with two attached hydrogens (primary N) is 1. The molecule has 0 spiro atoms. The van der Waals surface area contributed by atoms with Gasteiger partial charge in [0.2, 0.25) is 23.6 Å². The highest BCUT2D eigenvalue weighted by atomic mass is 32.2. The minimum absolute atomic E-state index is 0.0648. The molecule has 5 amide bonds. The normalized spacial score (nSPS) is 19.8. The third kappa shape index (κ3) is 18.4. The molecule has 20 heteroatoms. The first-order valence-electron chi connectivity index (χ1n) is 21.3. The number of aliphatic hydroxyl groups excluding tert-OH is 3. The molecular formula is C43H64N6O12S2. The number of amides is 5. The number of benzene rings is 2. The fourth-order valence-electron chi connectivity index (χ4n) is 6.62. The topological polar surface area (TPSA) is 288 Å². The minimum Gasteiger partial charge on any atom is -0.477 e. The largest absolute Gasteiger partial charge is 0.477 e. The lowest BCUT2D eigenvalue weighted by atomic mass is 9.88. The number of carbonyl (C=O) groups is 6. The van der Waals surface area contributed by atoms with E-state index in [4.69, 9.17) is 15.2 Å². The summed E-state index contributed by atoms with van der Waals surface area (Å²) in [5, 5.41) is 54.1. The summed E-state index contributed by atoms with van der Waals surface area (Å²) in [6, 6.07) is 14.0. The van der Waals surface area contributed by atoms with Crippen LogP contribution in [0, 0.1) is 0 Å². The molecular weight excluding hydrogens is 857 g/mol. The molecule has 1 saturated heterocycles. The zero-order valence-electron chi connectivity index (χ0n) is 35.9. The average Bonchev–Trinajstić information content (AvgIpc) is 3.27. The Bertz CT molecular complexity index is 1750. The molecule has 0 bridgehead atoms. The van der Waals surface area contributed by atoms with E-state index in [1.54, 1.807) is 36.0 Å². The van der Waals surface area contributed by atoms with Gasteiger partial charge in [-0.05, 0) is 67.7 Å². The molecule has 350 valence electrons. The molecule has 1 heterocycles. The average molecular weight is 921 g/mol. The highest BCUT2D eigenvalue weighted by molar-refractivity contribution is 7.99. The second kappa shape index (κ2) is 28.5. The molecule has 63 heavy (non-hydrogen) atoms. The van der Waals surface area contributed by atoms with E-state index < -0.39 is 78.9 Å². The van der Waals surface area contributed by atoms with Crippen LogP contribution in [0.5, 0.6) is 0 Å². The summed E-state index contributed by atoms with van der Waals surface area (Å²) >= 11 is 2.72. The first-order chi connectivity index (χ1) is 30.2. The summed E-state index contributed by atoms with van der Waals surface area (Å²) in [5.41, 5.74) is 7.64. The number of hydrogen-bond acceptors (Lipinski definition) is 14. The van der Waals surface area contributed by atoms with Crippen molar-refractivity contribution in [2.45, 2.75) is 114 Å². The van der Waals surface area contributed by atoms with E-state index in [0.29, 0.717) is 19.5 Å². The van der Waals surface area contributed by atoms with E-state index >= 15 is 0 Å². The van der Waals surface area contributed by atoms with Crippen molar-refractivity contribution in [1.29, 1.82) is 0 Å². The summed E-state index contributed by atoms with van der Waals surface area (Å²) in [6.45, 7) is 3.43. The zero-order chi connectivity index (χ0) is 46.2. The molecule has 1 aliphatic heterocycles. The summed E-state index contributed by atoms with van der Waals surface area (Å²) in [7, 11) is 0. The van der Waals surface area contributed by atoms with Crippen LogP contribution in [-0.4, -0.2) is 142 Å². The molecule has 0 saturated carbocycles. The number of ether oxygens (including phenoxy) is 2. The van der Waals surface area contributed by atoms with Gasteiger partial charge in [0, 0.05) is 56.3 Å². The van der Waals surface area contributed by atoms with Crippen LogP contribution in [0.1, 0.15) is 82.0 Å². The highest BCUT2D eigenvalue weighted by Crippen LogP contribution is 2.34. The standard InChI is InChI=1S/C43H64N6O12S2/c1-3-23-62-25-21-45-41(57)32(48-35(53)13-8-5-9-20-44)18-19-36(54)49-63-24-10-22-60-43(42(58)59)26-33(51)37(47-28(2)50)39(61-43)38(55)34(52)27-46-40(56)31-16-14-30(15-17-31)29-11-6-4-7-12-29/h4,6-7,11-12,14-17,32-34,37-39,51-52,55H,3,5,8-10,13,18-27,44H2,1-2H3,(H,45,57)(H,46,56)(H,47,50)(H,48,53)(H,49,54)(H,58,59)/t32?,33-,34+,37+,38+,39+,43+/m0/s1. The number of thioether (sulfide) groups is 1. The Balaban J connectivity index is 1.52. The lowest BCUT2D eigenvalue weighted by Gasteiger charge is -2.46. The van der Waals surface area contributed by atoms with E-state index in [9.17, 15) is 49.2 Å². The van der Waals surface area contributed by atoms with Crippen molar-refractivity contribution in [3.05, 3.63) is 60.2 Å². The van der Waals surface area contributed by atoms with Crippen LogP contribution < -0.4 is 31.7 Å². The molecule has 1 unspecified atom stereocenters. The third-order valence-electron chi connectivity index (χ3n) is 9.95. The molecule has 11 N–H and O–H groups in total. The maximum Gasteiger partial charge on any atom is 0.364 e. The van der Waals surface area contributed by atoms with Crippen molar-refractivity contribution in [3.63, 3.8) is 0 Å². The fourth-order valence-corrected chi connectivity index (χ4v) is 7.98. The van der Waals surface area contributed by atoms with Crippen molar-refractivity contribution < 1.29 is 58.7 Å². The molecule has 7 atom stereocenters. The second-order valence-corrected chi connectivity index (χ2v) is 17.2. The number of unbranched alkanes of at least 4 members (excludes halogenated alkanes) is 2. The maximum absolute atomic E-state index is 12.9. The monoisotopic (exact) mass is 920 g/mol. The Labute approximate surface area is 377 Å². The van der Waals surface area contributed by atoms with Crippen LogP contribution in [0.25, 0.3) is 11.1 Å². The van der Waals surface area contributed by atoms with Gasteiger partial charge in [0.05, 0.1) is 24.9 Å². The number of carbonyl (C=O) groups excluding carboxylic acids is 5. The number of carboxylic acids is 1. The van der Waals surface area contributed by atoms with E-state index in [1.807, 2.05) is 30.3 Å². The number of aliphatic hydroxyl groups is 3. The van der Waals surface area contributed by atoms with Crippen LogP contribution in [0.2, 0.25) is 0 Å². The van der Waals surface area contributed by atoms with Gasteiger partial charge in [0.15, 0.2) is 0 Å². The van der Waals surface area contributed by atoms with Crippen molar-refractivity contribution in [3.8, 4) is 11.1 Å². The van der Waals surface area contributed by atoms with Crippen LogP contribution >= 0.6 is 23.7 Å². The molecule has 1 fully saturated rings. The van der Waals surface area contributed by atoms with Crippen LogP contribution in [0.4, 0.5) is 0 Å². The Morgan fingerprint density at radius 3 is 2.29 bits per heavy atom. The summed E-state index contributed by atoms with van der Waals surface area (Å²) < 4.78 is 14.2. The van der Waals surface area contributed by atoms with Gasteiger partial charge in [-0.3, -0.25) is 24.0 Å². The van der Waals surface area contributed by atoms with Crippen LogP contribution in [0.15, 0.2) is 54.6 Å². The summed E-state index contributed by atoms with van der Waals surface area (Å²) in [6.07, 6.45) is -3.98. The number of rotatable bonds is 29. The Kier molecular flexibility index (Phi) is 24.0. The summed E-state index contributed by atoms with van der Waals surface area (Å²) in [5.74, 6) is -4.45. The van der Waals surface area contributed by atoms with Gasteiger partial charge in [0.1, 0.15) is 18.2 Å².